The first kappa shape index (κ1) is 17.5. The first-order valence-electron chi connectivity index (χ1n) is 8.86. The van der Waals surface area contributed by atoms with Crippen LogP contribution < -0.4 is 10.5 Å². The van der Waals surface area contributed by atoms with E-state index in [0.717, 1.165) is 44.5 Å². The molecule has 1 heterocycles. The minimum Gasteiger partial charge on any atom is -0.410 e. The molecule has 1 fully saturated rings. The van der Waals surface area contributed by atoms with Crippen LogP contribution in [0.25, 0.3) is 0 Å². The summed E-state index contributed by atoms with van der Waals surface area (Å²) in [5, 5.41) is 0. The van der Waals surface area contributed by atoms with E-state index in [1.165, 1.54) is 5.56 Å². The van der Waals surface area contributed by atoms with Crippen molar-refractivity contribution in [3.05, 3.63) is 72.1 Å². The van der Waals surface area contributed by atoms with E-state index in [9.17, 15) is 4.79 Å². The first-order chi connectivity index (χ1) is 12.2. The van der Waals surface area contributed by atoms with Gasteiger partial charge in [-0.15, -0.1) is 0 Å². The van der Waals surface area contributed by atoms with Gasteiger partial charge in [0.25, 0.3) is 0 Å². The molecule has 25 heavy (non-hydrogen) atoms. The highest BCUT2D eigenvalue weighted by Crippen LogP contribution is 2.34. The number of ether oxygens (including phenoxy) is 1. The lowest BCUT2D eigenvalue weighted by Crippen LogP contribution is -2.34. The fourth-order valence-corrected chi connectivity index (χ4v) is 3.47. The van der Waals surface area contributed by atoms with E-state index in [0.29, 0.717) is 11.7 Å². The summed E-state index contributed by atoms with van der Waals surface area (Å²) in [6, 6.07) is 18.3. The summed E-state index contributed by atoms with van der Waals surface area (Å²) in [7, 11) is 0. The standard InChI is InChI=1S/C21H25N2O2/c22-21(24)25-20-11-5-4-10-19(20)18-12-15-23(16-13-18)14-6-9-17-7-2-1-3-8-17/h1-8,10-11,18H,9,12-16H2,(H2,22,24). The van der Waals surface area contributed by atoms with Gasteiger partial charge in [-0.1, -0.05) is 48.5 Å². The summed E-state index contributed by atoms with van der Waals surface area (Å²) >= 11 is 0. The van der Waals surface area contributed by atoms with Gasteiger partial charge in [0, 0.05) is 6.54 Å². The number of benzene rings is 2. The number of amides is 1. The SMILES string of the molecule is NC(=O)Oc1ccccc1C1CCN(C[CH]Cc2ccccc2)CC1. The lowest BCUT2D eigenvalue weighted by Gasteiger charge is -2.32. The molecule has 0 bridgehead atoms. The molecule has 2 aromatic rings. The van der Waals surface area contributed by atoms with Crippen LogP contribution in [0.15, 0.2) is 54.6 Å². The molecular weight excluding hydrogens is 312 g/mol. The van der Waals surface area contributed by atoms with Crippen LogP contribution in [0.4, 0.5) is 4.79 Å². The van der Waals surface area contributed by atoms with Gasteiger partial charge >= 0.3 is 6.09 Å². The summed E-state index contributed by atoms with van der Waals surface area (Å²) in [5.74, 6) is 1.02. The van der Waals surface area contributed by atoms with Gasteiger partial charge in [0.1, 0.15) is 5.75 Å². The molecule has 0 atom stereocenters. The van der Waals surface area contributed by atoms with Crippen molar-refractivity contribution in [3.8, 4) is 5.75 Å². The molecule has 1 aliphatic rings. The Bertz CT molecular complexity index is 679. The molecule has 0 aliphatic carbocycles. The zero-order valence-corrected chi connectivity index (χ0v) is 14.4. The Morgan fingerprint density at radius 2 is 1.76 bits per heavy atom. The van der Waals surface area contributed by atoms with Gasteiger partial charge in [0.2, 0.25) is 0 Å². The number of hydrogen-bond acceptors (Lipinski definition) is 3. The van der Waals surface area contributed by atoms with Crippen molar-refractivity contribution >= 4 is 6.09 Å². The molecule has 0 saturated carbocycles. The Morgan fingerprint density at radius 3 is 2.48 bits per heavy atom. The van der Waals surface area contributed by atoms with Crippen LogP contribution in [0.3, 0.4) is 0 Å². The van der Waals surface area contributed by atoms with E-state index < -0.39 is 6.09 Å². The van der Waals surface area contributed by atoms with Crippen LogP contribution >= 0.6 is 0 Å². The van der Waals surface area contributed by atoms with Crippen LogP contribution in [0.1, 0.15) is 29.9 Å². The molecule has 2 N–H and O–H groups in total. The highest BCUT2D eigenvalue weighted by Gasteiger charge is 2.23. The maximum Gasteiger partial charge on any atom is 0.409 e. The smallest absolute Gasteiger partial charge is 0.409 e. The van der Waals surface area contributed by atoms with Gasteiger partial charge < -0.3 is 15.4 Å². The molecule has 1 saturated heterocycles. The number of carbonyl (C=O) groups is 1. The second-order valence-corrected chi connectivity index (χ2v) is 6.51. The number of carbonyl (C=O) groups excluding carboxylic acids is 1. The second-order valence-electron chi connectivity index (χ2n) is 6.51. The first-order valence-corrected chi connectivity index (χ1v) is 8.86. The number of primary amides is 1. The van der Waals surface area contributed by atoms with Crippen molar-refractivity contribution in [3.63, 3.8) is 0 Å². The summed E-state index contributed by atoms with van der Waals surface area (Å²) in [6.45, 7) is 3.13. The zero-order valence-electron chi connectivity index (χ0n) is 14.4. The predicted molar refractivity (Wildman–Crippen MR) is 99.5 cm³/mol. The molecular formula is C21H25N2O2. The third-order valence-electron chi connectivity index (χ3n) is 4.77. The molecule has 1 aliphatic heterocycles. The van der Waals surface area contributed by atoms with Gasteiger partial charge in [0.15, 0.2) is 0 Å². The predicted octanol–water partition coefficient (Wildman–Crippen LogP) is 3.77. The molecule has 4 heteroatoms. The molecule has 1 amide bonds. The Hall–Kier alpha value is -2.33. The van der Waals surface area contributed by atoms with Gasteiger partial charge in [0.05, 0.1) is 0 Å². The van der Waals surface area contributed by atoms with Gasteiger partial charge in [-0.2, -0.15) is 0 Å². The van der Waals surface area contributed by atoms with Gasteiger partial charge in [-0.05, 0) is 61.9 Å². The Labute approximate surface area is 149 Å². The van der Waals surface area contributed by atoms with E-state index in [4.69, 9.17) is 10.5 Å². The molecule has 4 nitrogen and oxygen atoms in total. The third-order valence-corrected chi connectivity index (χ3v) is 4.77. The van der Waals surface area contributed by atoms with Crippen LogP contribution in [0, 0.1) is 6.42 Å². The van der Waals surface area contributed by atoms with E-state index in [1.807, 2.05) is 30.3 Å². The van der Waals surface area contributed by atoms with E-state index in [-0.39, 0.29) is 0 Å². The molecule has 2 aromatic carbocycles. The van der Waals surface area contributed by atoms with Crippen LogP contribution in [-0.2, 0) is 6.42 Å². The third kappa shape index (κ3) is 5.07. The number of nitrogens with zero attached hydrogens (tertiary/aromatic N) is 1. The number of likely N-dealkylation sites (tertiary alicyclic amines) is 1. The maximum atomic E-state index is 11.1. The maximum absolute atomic E-state index is 11.1. The molecule has 1 radical (unpaired) electrons. The van der Waals surface area contributed by atoms with Crippen molar-refractivity contribution < 1.29 is 9.53 Å². The number of hydrogen-bond donors (Lipinski definition) is 1. The number of piperidine rings is 1. The van der Waals surface area contributed by atoms with Gasteiger partial charge in [-0.3, -0.25) is 0 Å². The molecule has 3 rings (SSSR count). The summed E-state index contributed by atoms with van der Waals surface area (Å²) in [4.78, 5) is 13.6. The Balaban J connectivity index is 1.48. The van der Waals surface area contributed by atoms with E-state index in [2.05, 4.69) is 35.6 Å². The van der Waals surface area contributed by atoms with Crippen molar-refractivity contribution in [2.75, 3.05) is 19.6 Å². The number of nitrogens with two attached hydrogens (primary N) is 1. The summed E-state index contributed by atoms with van der Waals surface area (Å²) in [5.41, 5.74) is 7.62. The fraction of sp³-hybridized carbons (Fsp3) is 0.333. The quantitative estimate of drug-likeness (QED) is 0.873. The Morgan fingerprint density at radius 1 is 1.08 bits per heavy atom. The van der Waals surface area contributed by atoms with Crippen LogP contribution in [0.5, 0.6) is 5.75 Å². The molecule has 0 aromatic heterocycles. The molecule has 0 unspecified atom stereocenters. The van der Waals surface area contributed by atoms with E-state index in [1.54, 1.807) is 0 Å². The zero-order chi connectivity index (χ0) is 17.5. The average Bonchev–Trinajstić information content (AvgIpc) is 2.63. The monoisotopic (exact) mass is 337 g/mol. The minimum atomic E-state index is -0.750. The lowest BCUT2D eigenvalue weighted by atomic mass is 9.88. The van der Waals surface area contributed by atoms with Crippen molar-refractivity contribution in [1.29, 1.82) is 0 Å². The number of para-hydroxylation sites is 1. The van der Waals surface area contributed by atoms with Crippen molar-refractivity contribution in [1.82, 2.24) is 4.90 Å². The average molecular weight is 337 g/mol. The normalized spacial score (nSPS) is 15.8. The van der Waals surface area contributed by atoms with Crippen LogP contribution in [-0.4, -0.2) is 30.6 Å². The van der Waals surface area contributed by atoms with Crippen LogP contribution in [0.2, 0.25) is 0 Å². The summed E-state index contributed by atoms with van der Waals surface area (Å²) in [6.07, 6.45) is 4.74. The van der Waals surface area contributed by atoms with E-state index >= 15 is 0 Å². The van der Waals surface area contributed by atoms with Crippen molar-refractivity contribution in [2.24, 2.45) is 5.73 Å². The highest BCUT2D eigenvalue weighted by atomic mass is 16.5. The lowest BCUT2D eigenvalue weighted by molar-refractivity contribution is 0.207. The second kappa shape index (κ2) is 8.67. The topological polar surface area (TPSA) is 55.6 Å². The molecule has 0 spiro atoms. The minimum absolute atomic E-state index is 0.418. The van der Waals surface area contributed by atoms with Gasteiger partial charge in [-0.25, -0.2) is 4.79 Å². The van der Waals surface area contributed by atoms with Crippen molar-refractivity contribution in [2.45, 2.75) is 25.2 Å². The molecule has 131 valence electrons. The Kier molecular flexibility index (Phi) is 6.07. The fourth-order valence-electron chi connectivity index (χ4n) is 3.47. The highest BCUT2D eigenvalue weighted by molar-refractivity contribution is 5.68. The largest absolute Gasteiger partial charge is 0.410 e. The summed E-state index contributed by atoms with van der Waals surface area (Å²) < 4.78 is 5.16. The number of rotatable bonds is 6.